The van der Waals surface area contributed by atoms with E-state index in [9.17, 15) is 14.4 Å². The number of pyridine rings is 1. The first-order valence-corrected chi connectivity index (χ1v) is 11.1. The van der Waals surface area contributed by atoms with Crippen molar-refractivity contribution in [2.75, 3.05) is 32.7 Å². The molecule has 8 nitrogen and oxygen atoms in total. The van der Waals surface area contributed by atoms with Crippen molar-refractivity contribution in [3.8, 4) is 0 Å². The first-order valence-electron chi connectivity index (χ1n) is 10.8. The summed E-state index contributed by atoms with van der Waals surface area (Å²) in [6.45, 7) is 3.76. The molecule has 0 radical (unpaired) electrons. The minimum atomic E-state index is -0.834. The SMILES string of the molecule is O=C(CC1NC(=O)N(Cc2ccccc2Cl)C1=O)N1CCN(CCc2ccccn2)CC1. The predicted molar refractivity (Wildman–Crippen MR) is 120 cm³/mol. The van der Waals surface area contributed by atoms with Gasteiger partial charge < -0.3 is 10.2 Å². The fourth-order valence-electron chi connectivity index (χ4n) is 4.01. The summed E-state index contributed by atoms with van der Waals surface area (Å²) >= 11 is 6.15. The molecular formula is C23H26ClN5O3. The lowest BCUT2D eigenvalue weighted by Gasteiger charge is -2.35. The van der Waals surface area contributed by atoms with Crippen LogP contribution in [0.3, 0.4) is 0 Å². The monoisotopic (exact) mass is 455 g/mol. The molecule has 2 aliphatic heterocycles. The van der Waals surface area contributed by atoms with Crippen molar-refractivity contribution < 1.29 is 14.4 Å². The summed E-state index contributed by atoms with van der Waals surface area (Å²) in [4.78, 5) is 47.4. The van der Waals surface area contributed by atoms with Gasteiger partial charge in [0.05, 0.1) is 13.0 Å². The summed E-state index contributed by atoms with van der Waals surface area (Å²) in [7, 11) is 0. The van der Waals surface area contributed by atoms with Gasteiger partial charge in [-0.3, -0.25) is 24.4 Å². The summed E-state index contributed by atoms with van der Waals surface area (Å²) < 4.78 is 0. The maximum Gasteiger partial charge on any atom is 0.325 e. The molecule has 2 saturated heterocycles. The highest BCUT2D eigenvalue weighted by Gasteiger charge is 2.40. The number of hydrogen-bond donors (Lipinski definition) is 1. The van der Waals surface area contributed by atoms with Gasteiger partial charge in [-0.2, -0.15) is 0 Å². The van der Waals surface area contributed by atoms with Crippen LogP contribution < -0.4 is 5.32 Å². The molecule has 1 aromatic heterocycles. The number of nitrogens with zero attached hydrogens (tertiary/aromatic N) is 4. The molecule has 1 atom stereocenters. The number of imide groups is 1. The van der Waals surface area contributed by atoms with Gasteiger partial charge in [0.15, 0.2) is 0 Å². The molecule has 9 heteroatoms. The third kappa shape index (κ3) is 5.26. The molecule has 0 bridgehead atoms. The fraction of sp³-hybridized carbons (Fsp3) is 0.391. The maximum atomic E-state index is 12.8. The lowest BCUT2D eigenvalue weighted by Crippen LogP contribution is -2.50. The van der Waals surface area contributed by atoms with Crippen LogP contribution in [0.25, 0.3) is 0 Å². The lowest BCUT2D eigenvalue weighted by molar-refractivity contribution is -0.137. The molecule has 2 aromatic rings. The van der Waals surface area contributed by atoms with Gasteiger partial charge in [-0.1, -0.05) is 35.9 Å². The molecule has 4 amide bonds. The molecule has 3 heterocycles. The van der Waals surface area contributed by atoms with Crippen molar-refractivity contribution in [3.05, 3.63) is 64.9 Å². The van der Waals surface area contributed by atoms with Crippen LogP contribution in [0, 0.1) is 0 Å². The number of piperazine rings is 1. The summed E-state index contributed by atoms with van der Waals surface area (Å²) in [5, 5.41) is 3.13. The van der Waals surface area contributed by atoms with Crippen molar-refractivity contribution in [1.29, 1.82) is 0 Å². The van der Waals surface area contributed by atoms with E-state index in [1.807, 2.05) is 18.2 Å². The molecule has 2 aliphatic rings. The van der Waals surface area contributed by atoms with E-state index in [1.165, 1.54) is 0 Å². The van der Waals surface area contributed by atoms with E-state index in [4.69, 9.17) is 11.6 Å². The van der Waals surface area contributed by atoms with Gasteiger partial charge in [0, 0.05) is 56.1 Å². The van der Waals surface area contributed by atoms with Gasteiger partial charge in [-0.15, -0.1) is 0 Å². The zero-order valence-electron chi connectivity index (χ0n) is 17.7. The van der Waals surface area contributed by atoms with Gasteiger partial charge in [0.1, 0.15) is 6.04 Å². The number of nitrogens with one attached hydrogen (secondary N) is 1. The zero-order valence-corrected chi connectivity index (χ0v) is 18.5. The van der Waals surface area contributed by atoms with Crippen LogP contribution in [0.2, 0.25) is 5.02 Å². The minimum absolute atomic E-state index is 0.0302. The molecular weight excluding hydrogens is 430 g/mol. The molecule has 32 heavy (non-hydrogen) atoms. The summed E-state index contributed by atoms with van der Waals surface area (Å²) in [5.74, 6) is -0.509. The topological polar surface area (TPSA) is 85.8 Å². The summed E-state index contributed by atoms with van der Waals surface area (Å²) in [5.41, 5.74) is 1.74. The molecule has 0 spiro atoms. The predicted octanol–water partition coefficient (Wildman–Crippen LogP) is 1.93. The number of carbonyl (C=O) groups is 3. The van der Waals surface area contributed by atoms with E-state index < -0.39 is 18.0 Å². The standard InChI is InChI=1S/C23H26ClN5O3/c24-19-7-2-1-5-17(19)16-29-22(31)20(26-23(29)32)15-21(30)28-13-11-27(12-14-28)10-8-18-6-3-4-9-25-18/h1-7,9,20H,8,10-16H2,(H,26,32). The van der Waals surface area contributed by atoms with Crippen molar-refractivity contribution in [3.63, 3.8) is 0 Å². The second-order valence-electron chi connectivity index (χ2n) is 8.02. The second kappa shape index (κ2) is 10.1. The Morgan fingerprint density at radius 3 is 2.53 bits per heavy atom. The number of urea groups is 1. The Hall–Kier alpha value is -2.97. The quantitative estimate of drug-likeness (QED) is 0.645. The van der Waals surface area contributed by atoms with Crippen LogP contribution >= 0.6 is 11.6 Å². The van der Waals surface area contributed by atoms with Gasteiger partial charge in [0.2, 0.25) is 5.91 Å². The number of carbonyl (C=O) groups excluding carboxylic acids is 3. The number of amides is 4. The zero-order chi connectivity index (χ0) is 22.5. The van der Waals surface area contributed by atoms with Crippen LogP contribution in [0.1, 0.15) is 17.7 Å². The smallest absolute Gasteiger partial charge is 0.325 e. The van der Waals surface area contributed by atoms with Gasteiger partial charge in [0.25, 0.3) is 5.91 Å². The summed E-state index contributed by atoms with van der Waals surface area (Å²) in [6, 6.07) is 11.7. The van der Waals surface area contributed by atoms with Gasteiger partial charge in [-0.05, 0) is 23.8 Å². The fourth-order valence-corrected chi connectivity index (χ4v) is 4.20. The van der Waals surface area contributed by atoms with Crippen LogP contribution in [0.4, 0.5) is 4.79 Å². The van der Waals surface area contributed by atoms with Crippen molar-refractivity contribution in [2.45, 2.75) is 25.4 Å². The maximum absolute atomic E-state index is 12.8. The molecule has 1 aromatic carbocycles. The van der Waals surface area contributed by atoms with E-state index in [1.54, 1.807) is 35.4 Å². The average Bonchev–Trinajstić information content (AvgIpc) is 3.07. The number of rotatable bonds is 7. The molecule has 0 aliphatic carbocycles. The first kappa shape index (κ1) is 22.2. The number of benzene rings is 1. The van der Waals surface area contributed by atoms with Crippen LogP contribution in [-0.4, -0.2) is 76.3 Å². The van der Waals surface area contributed by atoms with Crippen LogP contribution in [0.15, 0.2) is 48.7 Å². The largest absolute Gasteiger partial charge is 0.340 e. The molecule has 1 unspecified atom stereocenters. The lowest BCUT2D eigenvalue weighted by atomic mass is 10.1. The van der Waals surface area contributed by atoms with E-state index in [-0.39, 0.29) is 18.9 Å². The van der Waals surface area contributed by atoms with Crippen molar-refractivity contribution in [1.82, 2.24) is 25.0 Å². The Balaban J connectivity index is 1.25. The van der Waals surface area contributed by atoms with Gasteiger partial charge in [-0.25, -0.2) is 4.79 Å². The summed E-state index contributed by atoms with van der Waals surface area (Å²) in [6.07, 6.45) is 2.64. The number of halogens is 1. The van der Waals surface area contributed by atoms with Crippen LogP contribution in [-0.2, 0) is 22.6 Å². The van der Waals surface area contributed by atoms with Crippen LogP contribution in [0.5, 0.6) is 0 Å². The second-order valence-corrected chi connectivity index (χ2v) is 8.42. The van der Waals surface area contributed by atoms with Gasteiger partial charge >= 0.3 is 6.03 Å². The molecule has 168 valence electrons. The highest BCUT2D eigenvalue weighted by molar-refractivity contribution is 6.31. The first-order chi connectivity index (χ1) is 15.5. The molecule has 1 N–H and O–H groups in total. The highest BCUT2D eigenvalue weighted by Crippen LogP contribution is 2.20. The number of aromatic nitrogens is 1. The third-order valence-electron chi connectivity index (χ3n) is 5.91. The van der Waals surface area contributed by atoms with Crippen molar-refractivity contribution >= 4 is 29.4 Å². The number of hydrogen-bond acceptors (Lipinski definition) is 5. The molecule has 2 fully saturated rings. The van der Waals surface area contributed by atoms with E-state index >= 15 is 0 Å². The highest BCUT2D eigenvalue weighted by atomic mass is 35.5. The minimum Gasteiger partial charge on any atom is -0.340 e. The Morgan fingerprint density at radius 2 is 1.81 bits per heavy atom. The normalized spacial score (nSPS) is 19.3. The van der Waals surface area contributed by atoms with E-state index in [2.05, 4.69) is 15.2 Å². The van der Waals surface area contributed by atoms with E-state index in [0.29, 0.717) is 23.7 Å². The molecule has 4 rings (SSSR count). The Morgan fingerprint density at radius 1 is 1.06 bits per heavy atom. The Bertz CT molecular complexity index is 979. The van der Waals surface area contributed by atoms with E-state index in [0.717, 1.165) is 36.6 Å². The van der Waals surface area contributed by atoms with Crippen molar-refractivity contribution in [2.24, 2.45) is 0 Å². The third-order valence-corrected chi connectivity index (χ3v) is 6.28. The average molecular weight is 456 g/mol. The Kier molecular flexibility index (Phi) is 7.02. The Labute approximate surface area is 192 Å². The molecule has 0 saturated carbocycles.